The maximum Gasteiger partial charge on any atom is 0.248 e. The third-order valence-electron chi connectivity index (χ3n) is 3.07. The topological polar surface area (TPSA) is 94.0 Å². The number of halogens is 1. The molecule has 1 saturated carbocycles. The molecule has 1 aliphatic rings. The van der Waals surface area contributed by atoms with E-state index in [1.807, 2.05) is 27.7 Å². The molecule has 1 aromatic rings. The minimum atomic E-state index is -0.679. The van der Waals surface area contributed by atoms with Crippen molar-refractivity contribution in [2.45, 2.75) is 57.5 Å². The van der Waals surface area contributed by atoms with Crippen LogP contribution in [0.1, 0.15) is 58.3 Å². The number of nitrogens with two attached hydrogens (primary N) is 1. The first kappa shape index (κ1) is 15.9. The molecule has 7 heteroatoms. The molecule has 0 spiro atoms. The van der Waals surface area contributed by atoms with E-state index < -0.39 is 5.54 Å². The predicted molar refractivity (Wildman–Crippen MR) is 73.0 cm³/mol. The molecule has 1 aromatic heterocycles. The van der Waals surface area contributed by atoms with Crippen molar-refractivity contribution >= 4 is 18.3 Å². The van der Waals surface area contributed by atoms with Gasteiger partial charge in [-0.2, -0.15) is 4.98 Å². The van der Waals surface area contributed by atoms with Crippen LogP contribution in [-0.2, 0) is 10.2 Å². The van der Waals surface area contributed by atoms with Crippen LogP contribution < -0.4 is 11.1 Å². The Balaban J connectivity index is 0.00000180. The Morgan fingerprint density at radius 3 is 2.47 bits per heavy atom. The summed E-state index contributed by atoms with van der Waals surface area (Å²) in [5.74, 6) is 0.899. The first-order valence-electron chi connectivity index (χ1n) is 6.16. The van der Waals surface area contributed by atoms with Gasteiger partial charge in [0.1, 0.15) is 6.04 Å². The largest absolute Gasteiger partial charge is 0.343 e. The summed E-state index contributed by atoms with van der Waals surface area (Å²) >= 11 is 0. The summed E-state index contributed by atoms with van der Waals surface area (Å²) in [6.07, 6.45) is 1.48. The van der Waals surface area contributed by atoms with E-state index in [0.717, 1.165) is 12.8 Å². The van der Waals surface area contributed by atoms with Gasteiger partial charge in [-0.25, -0.2) is 0 Å². The average molecular weight is 289 g/mol. The standard InChI is InChI=1S/C12H20N4O2.ClH/c1-7(14-10(17)12(13)5-6-12)8-15-9(16-18-8)11(2,3)4;/h7H,5-6,13H2,1-4H3,(H,14,17);1H. The summed E-state index contributed by atoms with van der Waals surface area (Å²) in [6.45, 7) is 7.82. The Bertz CT molecular complexity index is 463. The maximum absolute atomic E-state index is 11.8. The van der Waals surface area contributed by atoms with E-state index >= 15 is 0 Å². The lowest BCUT2D eigenvalue weighted by Crippen LogP contribution is -2.43. The SMILES string of the molecule is CC(NC(=O)C1(N)CC1)c1nc(C(C)(C)C)no1.Cl. The molecule has 0 bridgehead atoms. The Kier molecular flexibility index (Phi) is 4.27. The summed E-state index contributed by atoms with van der Waals surface area (Å²) < 4.78 is 5.17. The van der Waals surface area contributed by atoms with Crippen molar-refractivity contribution in [2.75, 3.05) is 0 Å². The normalized spacial score (nSPS) is 18.4. The monoisotopic (exact) mass is 288 g/mol. The third kappa shape index (κ3) is 3.45. The number of amides is 1. The molecule has 0 aromatic carbocycles. The highest BCUT2D eigenvalue weighted by molar-refractivity contribution is 5.89. The molecular formula is C12H21ClN4O2. The molecule has 1 atom stereocenters. The average Bonchev–Trinajstić information content (AvgIpc) is 2.82. The number of hydrogen-bond acceptors (Lipinski definition) is 5. The molecule has 1 amide bonds. The lowest BCUT2D eigenvalue weighted by atomic mass is 9.96. The Hall–Kier alpha value is -1.14. The molecule has 6 nitrogen and oxygen atoms in total. The Morgan fingerprint density at radius 1 is 1.47 bits per heavy atom. The number of carbonyl (C=O) groups is 1. The summed E-state index contributed by atoms with van der Waals surface area (Å²) in [5.41, 5.74) is 4.96. The summed E-state index contributed by atoms with van der Waals surface area (Å²) in [4.78, 5) is 16.1. The summed E-state index contributed by atoms with van der Waals surface area (Å²) in [5, 5.41) is 6.73. The predicted octanol–water partition coefficient (Wildman–Crippen LogP) is 1.46. The second kappa shape index (κ2) is 5.09. The smallest absolute Gasteiger partial charge is 0.248 e. The van der Waals surface area contributed by atoms with Gasteiger partial charge in [0.25, 0.3) is 0 Å². The van der Waals surface area contributed by atoms with E-state index in [2.05, 4.69) is 15.5 Å². The Labute approximate surface area is 118 Å². The minimum Gasteiger partial charge on any atom is -0.343 e. The van der Waals surface area contributed by atoms with Gasteiger partial charge in [0.05, 0.1) is 5.54 Å². The van der Waals surface area contributed by atoms with Crippen molar-refractivity contribution in [3.05, 3.63) is 11.7 Å². The molecule has 19 heavy (non-hydrogen) atoms. The van der Waals surface area contributed by atoms with Crippen molar-refractivity contribution in [3.8, 4) is 0 Å². The number of nitrogens with zero attached hydrogens (tertiary/aromatic N) is 2. The first-order valence-corrected chi connectivity index (χ1v) is 6.16. The van der Waals surface area contributed by atoms with Gasteiger partial charge in [-0.15, -0.1) is 12.4 Å². The van der Waals surface area contributed by atoms with Gasteiger partial charge >= 0.3 is 0 Å². The van der Waals surface area contributed by atoms with Crippen LogP contribution in [0.15, 0.2) is 4.52 Å². The zero-order valence-electron chi connectivity index (χ0n) is 11.7. The second-order valence-corrected chi connectivity index (χ2v) is 6.06. The number of carbonyl (C=O) groups excluding carboxylic acids is 1. The molecule has 0 saturated heterocycles. The van der Waals surface area contributed by atoms with Gasteiger partial charge in [0.15, 0.2) is 5.82 Å². The van der Waals surface area contributed by atoms with Gasteiger partial charge < -0.3 is 15.6 Å². The van der Waals surface area contributed by atoms with Gasteiger partial charge in [-0.05, 0) is 19.8 Å². The molecule has 1 aliphatic carbocycles. The molecule has 0 radical (unpaired) electrons. The summed E-state index contributed by atoms with van der Waals surface area (Å²) in [6, 6.07) is -0.317. The molecular weight excluding hydrogens is 268 g/mol. The fourth-order valence-corrected chi connectivity index (χ4v) is 1.48. The second-order valence-electron chi connectivity index (χ2n) is 6.06. The van der Waals surface area contributed by atoms with Crippen LogP contribution in [0.25, 0.3) is 0 Å². The first-order chi connectivity index (χ1) is 8.22. The van der Waals surface area contributed by atoms with Crippen molar-refractivity contribution in [1.82, 2.24) is 15.5 Å². The quantitative estimate of drug-likeness (QED) is 0.878. The molecule has 1 fully saturated rings. The maximum atomic E-state index is 11.8. The summed E-state index contributed by atoms with van der Waals surface area (Å²) in [7, 11) is 0. The van der Waals surface area contributed by atoms with Gasteiger partial charge in [-0.1, -0.05) is 25.9 Å². The third-order valence-corrected chi connectivity index (χ3v) is 3.07. The zero-order chi connectivity index (χ0) is 13.6. The molecule has 1 unspecified atom stereocenters. The molecule has 3 N–H and O–H groups in total. The molecule has 2 rings (SSSR count). The fraction of sp³-hybridized carbons (Fsp3) is 0.750. The number of aromatic nitrogens is 2. The van der Waals surface area contributed by atoms with Crippen molar-refractivity contribution < 1.29 is 9.32 Å². The van der Waals surface area contributed by atoms with Crippen LogP contribution in [-0.4, -0.2) is 21.6 Å². The van der Waals surface area contributed by atoms with Crippen LogP contribution in [0.4, 0.5) is 0 Å². The molecule has 1 heterocycles. The van der Waals surface area contributed by atoms with Gasteiger partial charge in [0, 0.05) is 5.41 Å². The van der Waals surface area contributed by atoms with E-state index in [4.69, 9.17) is 10.3 Å². The lowest BCUT2D eigenvalue weighted by molar-refractivity contribution is -0.124. The number of nitrogens with one attached hydrogen (secondary N) is 1. The van der Waals surface area contributed by atoms with E-state index in [-0.39, 0.29) is 29.8 Å². The fourth-order valence-electron chi connectivity index (χ4n) is 1.48. The van der Waals surface area contributed by atoms with Crippen LogP contribution in [0.5, 0.6) is 0 Å². The van der Waals surface area contributed by atoms with E-state index in [0.29, 0.717) is 11.7 Å². The highest BCUT2D eigenvalue weighted by Gasteiger charge is 2.46. The molecule has 0 aliphatic heterocycles. The molecule has 108 valence electrons. The van der Waals surface area contributed by atoms with Crippen LogP contribution in [0.3, 0.4) is 0 Å². The van der Waals surface area contributed by atoms with E-state index in [9.17, 15) is 4.79 Å². The van der Waals surface area contributed by atoms with E-state index in [1.165, 1.54) is 0 Å². The number of rotatable bonds is 3. The van der Waals surface area contributed by atoms with E-state index in [1.54, 1.807) is 0 Å². The zero-order valence-corrected chi connectivity index (χ0v) is 12.5. The van der Waals surface area contributed by atoms with Crippen LogP contribution in [0, 0.1) is 0 Å². The highest BCUT2D eigenvalue weighted by atomic mass is 35.5. The van der Waals surface area contributed by atoms with Crippen molar-refractivity contribution in [3.63, 3.8) is 0 Å². The van der Waals surface area contributed by atoms with Crippen LogP contribution >= 0.6 is 12.4 Å². The minimum absolute atomic E-state index is 0. The lowest BCUT2D eigenvalue weighted by Gasteiger charge is -2.14. The van der Waals surface area contributed by atoms with Crippen molar-refractivity contribution in [1.29, 1.82) is 0 Å². The Morgan fingerprint density at radius 2 is 2.05 bits per heavy atom. The highest BCUT2D eigenvalue weighted by Crippen LogP contribution is 2.33. The van der Waals surface area contributed by atoms with Crippen LogP contribution in [0.2, 0.25) is 0 Å². The van der Waals surface area contributed by atoms with Gasteiger partial charge in [0.2, 0.25) is 11.8 Å². The van der Waals surface area contributed by atoms with Crippen molar-refractivity contribution in [2.24, 2.45) is 5.73 Å². The van der Waals surface area contributed by atoms with Gasteiger partial charge in [-0.3, -0.25) is 4.79 Å². The number of hydrogen-bond donors (Lipinski definition) is 2.